The molecule has 25 heavy (non-hydrogen) atoms. The molecule has 128 valence electrons. The molecule has 2 heterocycles. The van der Waals surface area contributed by atoms with Crippen LogP contribution in [0, 0.1) is 0 Å². The molecule has 0 saturated heterocycles. The summed E-state index contributed by atoms with van der Waals surface area (Å²) in [6.07, 6.45) is 0. The zero-order valence-corrected chi connectivity index (χ0v) is 14.4. The summed E-state index contributed by atoms with van der Waals surface area (Å²) in [5.74, 6) is -1.41. The minimum absolute atomic E-state index is 0.119. The zero-order valence-electron chi connectivity index (χ0n) is 12.9. The molecule has 0 unspecified atom stereocenters. The van der Waals surface area contributed by atoms with Crippen molar-refractivity contribution in [2.45, 2.75) is 0 Å². The van der Waals surface area contributed by atoms with E-state index in [2.05, 4.69) is 9.97 Å². The van der Waals surface area contributed by atoms with Crippen LogP contribution < -0.4 is 21.9 Å². The first-order valence-electron chi connectivity index (χ1n) is 6.87. The fourth-order valence-electron chi connectivity index (χ4n) is 2.41. The van der Waals surface area contributed by atoms with Crippen molar-refractivity contribution in [3.8, 4) is 17.0 Å². The van der Waals surface area contributed by atoms with E-state index >= 15 is 0 Å². The van der Waals surface area contributed by atoms with Crippen molar-refractivity contribution in [3.05, 3.63) is 33.9 Å². The monoisotopic (exact) mass is 377 g/mol. The lowest BCUT2D eigenvalue weighted by molar-refractivity contribution is 0.0987. The highest BCUT2D eigenvalue weighted by molar-refractivity contribution is 7.21. The molecule has 0 spiro atoms. The van der Waals surface area contributed by atoms with Crippen LogP contribution in [0.25, 0.3) is 21.5 Å². The number of nitrogens with zero attached hydrogens (tertiary/aromatic N) is 2. The Hall–Kier alpha value is -2.91. The number of methoxy groups -OCH3 is 1. The number of para-hydroxylation sites is 1. The van der Waals surface area contributed by atoms with Crippen LogP contribution in [-0.4, -0.2) is 28.9 Å². The molecule has 0 radical (unpaired) electrons. The molecule has 8 nitrogen and oxygen atoms in total. The van der Waals surface area contributed by atoms with Crippen molar-refractivity contribution in [2.75, 3.05) is 12.8 Å². The number of carbonyl (C=O) groups is 2. The Kier molecular flexibility index (Phi) is 4.19. The molecule has 0 saturated carbocycles. The van der Waals surface area contributed by atoms with E-state index in [-0.39, 0.29) is 22.1 Å². The molecule has 0 aliphatic rings. The first-order chi connectivity index (χ1) is 11.8. The van der Waals surface area contributed by atoms with Gasteiger partial charge in [0.2, 0.25) is 5.82 Å². The molecule has 0 aliphatic heterocycles. The molecule has 0 bridgehead atoms. The third kappa shape index (κ3) is 2.73. The third-order valence-corrected chi connectivity index (χ3v) is 4.87. The highest BCUT2D eigenvalue weighted by Crippen LogP contribution is 2.42. The van der Waals surface area contributed by atoms with E-state index in [0.29, 0.717) is 26.6 Å². The summed E-state index contributed by atoms with van der Waals surface area (Å²) in [5, 5.41) is 0.723. The van der Waals surface area contributed by atoms with Gasteiger partial charge in [0.1, 0.15) is 15.5 Å². The van der Waals surface area contributed by atoms with Crippen LogP contribution in [0.2, 0.25) is 5.02 Å². The number of primary amides is 2. The third-order valence-electron chi connectivity index (χ3n) is 3.46. The van der Waals surface area contributed by atoms with E-state index < -0.39 is 11.8 Å². The van der Waals surface area contributed by atoms with Crippen LogP contribution >= 0.6 is 22.9 Å². The number of nitrogens with two attached hydrogens (primary N) is 3. The molecular formula is C15H12ClN5O3S. The SMILES string of the molecule is COc1c(Cl)cccc1-c1nc(C(N)=O)nc2sc(C(N)=O)c(N)c12. The van der Waals surface area contributed by atoms with E-state index in [9.17, 15) is 9.59 Å². The predicted molar refractivity (Wildman–Crippen MR) is 95.9 cm³/mol. The Morgan fingerprint density at radius 1 is 1.20 bits per heavy atom. The van der Waals surface area contributed by atoms with Gasteiger partial charge in [-0.05, 0) is 12.1 Å². The number of nitrogen functional groups attached to an aromatic ring is 1. The normalized spacial score (nSPS) is 10.8. The lowest BCUT2D eigenvalue weighted by Crippen LogP contribution is -2.15. The standard InChI is InChI=1S/C15H12ClN5O3S/c1-24-10-5(3-2-4-6(10)16)9-7-8(17)11(12(18)22)25-15(7)21-14(20-9)13(19)23/h2-4H,17H2,1H3,(H2,18,22)(H2,19,23). The fourth-order valence-corrected chi connectivity index (χ4v) is 3.61. The van der Waals surface area contributed by atoms with Gasteiger partial charge in [-0.2, -0.15) is 0 Å². The Balaban J connectivity index is 2.47. The van der Waals surface area contributed by atoms with Gasteiger partial charge in [-0.1, -0.05) is 17.7 Å². The van der Waals surface area contributed by atoms with Crippen molar-refractivity contribution in [2.24, 2.45) is 11.5 Å². The molecule has 2 aromatic heterocycles. The molecule has 3 rings (SSSR count). The molecule has 10 heteroatoms. The van der Waals surface area contributed by atoms with Crippen LogP contribution in [0.15, 0.2) is 18.2 Å². The maximum Gasteiger partial charge on any atom is 0.286 e. The summed E-state index contributed by atoms with van der Waals surface area (Å²) in [6, 6.07) is 5.02. The molecule has 3 aromatic rings. The number of thiophene rings is 1. The van der Waals surface area contributed by atoms with Crippen LogP contribution in [-0.2, 0) is 0 Å². The Morgan fingerprint density at radius 3 is 2.52 bits per heavy atom. The summed E-state index contributed by atoms with van der Waals surface area (Å²) >= 11 is 7.12. The lowest BCUT2D eigenvalue weighted by atomic mass is 10.1. The number of amides is 2. The number of ether oxygens (including phenoxy) is 1. The van der Waals surface area contributed by atoms with E-state index in [1.165, 1.54) is 7.11 Å². The minimum atomic E-state index is -0.822. The van der Waals surface area contributed by atoms with Gasteiger partial charge in [0, 0.05) is 5.56 Å². The first kappa shape index (κ1) is 16.9. The van der Waals surface area contributed by atoms with Gasteiger partial charge < -0.3 is 21.9 Å². The van der Waals surface area contributed by atoms with Gasteiger partial charge in [-0.3, -0.25) is 9.59 Å². The largest absolute Gasteiger partial charge is 0.494 e. The predicted octanol–water partition coefficient (Wildman–Crippen LogP) is 1.80. The van der Waals surface area contributed by atoms with E-state index in [1.54, 1.807) is 18.2 Å². The average molecular weight is 378 g/mol. The average Bonchev–Trinajstić information content (AvgIpc) is 2.91. The number of anilines is 1. The topological polar surface area (TPSA) is 147 Å². The van der Waals surface area contributed by atoms with E-state index in [0.717, 1.165) is 11.3 Å². The second-order valence-corrected chi connectivity index (χ2v) is 6.38. The second kappa shape index (κ2) is 6.19. The number of aromatic nitrogens is 2. The summed E-state index contributed by atoms with van der Waals surface area (Å²) in [7, 11) is 1.45. The van der Waals surface area contributed by atoms with Crippen molar-refractivity contribution in [3.63, 3.8) is 0 Å². The number of fused-ring (bicyclic) bond motifs is 1. The maximum atomic E-state index is 11.6. The van der Waals surface area contributed by atoms with Crippen molar-refractivity contribution < 1.29 is 14.3 Å². The van der Waals surface area contributed by atoms with Crippen LogP contribution in [0.5, 0.6) is 5.75 Å². The van der Waals surface area contributed by atoms with E-state index in [1.807, 2.05) is 0 Å². The molecule has 0 fully saturated rings. The van der Waals surface area contributed by atoms with Gasteiger partial charge >= 0.3 is 0 Å². The van der Waals surface area contributed by atoms with E-state index in [4.69, 9.17) is 33.5 Å². The minimum Gasteiger partial charge on any atom is -0.494 e. The molecule has 6 N–H and O–H groups in total. The van der Waals surface area contributed by atoms with Gasteiger partial charge in [0.05, 0.1) is 28.9 Å². The van der Waals surface area contributed by atoms with Gasteiger partial charge in [0.25, 0.3) is 11.8 Å². The quantitative estimate of drug-likeness (QED) is 0.631. The molecule has 0 aliphatic carbocycles. The Bertz CT molecular complexity index is 1030. The molecular weight excluding hydrogens is 366 g/mol. The van der Waals surface area contributed by atoms with Crippen LogP contribution in [0.1, 0.15) is 20.3 Å². The number of rotatable bonds is 4. The lowest BCUT2D eigenvalue weighted by Gasteiger charge is -2.11. The first-order valence-corrected chi connectivity index (χ1v) is 8.07. The molecule has 2 amide bonds. The summed E-state index contributed by atoms with van der Waals surface area (Å²) < 4.78 is 5.34. The summed E-state index contributed by atoms with van der Waals surface area (Å²) in [4.78, 5) is 31.9. The zero-order chi connectivity index (χ0) is 18.3. The van der Waals surface area contributed by atoms with Gasteiger partial charge in [0.15, 0.2) is 0 Å². The second-order valence-electron chi connectivity index (χ2n) is 4.97. The fraction of sp³-hybridized carbons (Fsp3) is 0.0667. The van der Waals surface area contributed by atoms with Gasteiger partial charge in [-0.15, -0.1) is 11.3 Å². The number of hydrogen-bond acceptors (Lipinski definition) is 7. The smallest absolute Gasteiger partial charge is 0.286 e. The number of hydrogen-bond donors (Lipinski definition) is 3. The highest BCUT2D eigenvalue weighted by atomic mass is 35.5. The highest BCUT2D eigenvalue weighted by Gasteiger charge is 2.24. The number of benzene rings is 1. The summed E-state index contributed by atoms with van der Waals surface area (Å²) in [6.45, 7) is 0. The van der Waals surface area contributed by atoms with Crippen molar-refractivity contribution in [1.29, 1.82) is 0 Å². The van der Waals surface area contributed by atoms with Crippen LogP contribution in [0.4, 0.5) is 5.69 Å². The number of halogens is 1. The Morgan fingerprint density at radius 2 is 1.92 bits per heavy atom. The van der Waals surface area contributed by atoms with Crippen LogP contribution in [0.3, 0.4) is 0 Å². The van der Waals surface area contributed by atoms with Gasteiger partial charge in [-0.25, -0.2) is 9.97 Å². The Labute approximate surface area is 150 Å². The molecule has 0 atom stereocenters. The van der Waals surface area contributed by atoms with Crippen molar-refractivity contribution in [1.82, 2.24) is 9.97 Å². The summed E-state index contributed by atoms with van der Waals surface area (Å²) in [5.41, 5.74) is 17.6. The number of carbonyl (C=O) groups excluding carboxylic acids is 2. The maximum absolute atomic E-state index is 11.6. The van der Waals surface area contributed by atoms with Crippen molar-refractivity contribution >= 4 is 50.7 Å². The molecule has 1 aromatic carbocycles.